The third-order valence-corrected chi connectivity index (χ3v) is 2.98. The van der Waals surface area contributed by atoms with Gasteiger partial charge in [0.05, 0.1) is 17.4 Å². The molecule has 0 amide bonds. The first-order chi connectivity index (χ1) is 6.79. The van der Waals surface area contributed by atoms with Crippen molar-refractivity contribution >= 4 is 17.7 Å². The van der Waals surface area contributed by atoms with E-state index >= 15 is 0 Å². The minimum absolute atomic E-state index is 0.177. The monoisotopic (exact) mass is 205 g/mol. The molecule has 1 fully saturated rings. The Kier molecular flexibility index (Phi) is 2.42. The number of nitriles is 1. The molecular formula is C10H7NO2S. The number of carbonyl (C=O) groups is 1. The zero-order chi connectivity index (χ0) is 9.97. The molecule has 0 N–H and O–H groups in total. The summed E-state index contributed by atoms with van der Waals surface area (Å²) in [7, 11) is 0. The molecule has 1 aliphatic heterocycles. The van der Waals surface area contributed by atoms with Gasteiger partial charge in [-0.1, -0.05) is 12.1 Å². The van der Waals surface area contributed by atoms with Crippen molar-refractivity contribution in [3.05, 3.63) is 35.4 Å². The average Bonchev–Trinajstić information content (AvgIpc) is 2.65. The Balaban J connectivity index is 2.18. The van der Waals surface area contributed by atoms with Crippen molar-refractivity contribution in [3.8, 4) is 6.07 Å². The smallest absolute Gasteiger partial charge is 0.317 e. The first kappa shape index (κ1) is 9.10. The first-order valence-corrected chi connectivity index (χ1v) is 5.15. The fourth-order valence-electron chi connectivity index (χ4n) is 1.21. The molecular weight excluding hydrogens is 198 g/mol. The third-order valence-electron chi connectivity index (χ3n) is 1.90. The number of thioether (sulfide) groups is 1. The number of hydrogen-bond donors (Lipinski definition) is 0. The van der Waals surface area contributed by atoms with Crippen LogP contribution < -0.4 is 0 Å². The van der Waals surface area contributed by atoms with Crippen molar-refractivity contribution in [3.63, 3.8) is 0 Å². The van der Waals surface area contributed by atoms with Gasteiger partial charge < -0.3 is 4.74 Å². The van der Waals surface area contributed by atoms with Crippen LogP contribution in [0.15, 0.2) is 24.3 Å². The molecule has 14 heavy (non-hydrogen) atoms. The van der Waals surface area contributed by atoms with E-state index in [-0.39, 0.29) is 11.4 Å². The summed E-state index contributed by atoms with van der Waals surface area (Å²) in [5.74, 6) is 0.231. The van der Waals surface area contributed by atoms with Gasteiger partial charge in [-0.05, 0) is 12.1 Å². The molecule has 1 aromatic rings. The van der Waals surface area contributed by atoms with E-state index in [0.29, 0.717) is 11.3 Å². The Hall–Kier alpha value is -1.47. The van der Waals surface area contributed by atoms with Crippen molar-refractivity contribution < 1.29 is 9.53 Å². The van der Waals surface area contributed by atoms with Gasteiger partial charge in [0.2, 0.25) is 0 Å². The number of benzene rings is 1. The summed E-state index contributed by atoms with van der Waals surface area (Å²) >= 11 is 1.46. The minimum Gasteiger partial charge on any atom is -0.446 e. The van der Waals surface area contributed by atoms with Crippen molar-refractivity contribution in [2.24, 2.45) is 0 Å². The lowest BCUT2D eigenvalue weighted by Gasteiger charge is -2.07. The van der Waals surface area contributed by atoms with Crippen LogP contribution in [0, 0.1) is 11.3 Å². The lowest BCUT2D eigenvalue weighted by Crippen LogP contribution is -1.98. The van der Waals surface area contributed by atoms with E-state index in [1.165, 1.54) is 11.8 Å². The highest BCUT2D eigenvalue weighted by molar-refractivity contribution is 8.00. The van der Waals surface area contributed by atoms with Gasteiger partial charge in [-0.25, -0.2) is 0 Å². The molecule has 0 bridgehead atoms. The van der Waals surface area contributed by atoms with Gasteiger partial charge in [0.1, 0.15) is 0 Å². The first-order valence-electron chi connectivity index (χ1n) is 4.11. The second kappa shape index (κ2) is 3.72. The van der Waals surface area contributed by atoms with Crippen LogP contribution in [0.4, 0.5) is 0 Å². The van der Waals surface area contributed by atoms with Gasteiger partial charge in [-0.2, -0.15) is 5.26 Å². The molecule has 1 heterocycles. The molecule has 2 rings (SSSR count). The number of rotatable bonds is 1. The van der Waals surface area contributed by atoms with Crippen molar-refractivity contribution in [2.45, 2.75) is 5.44 Å². The molecule has 1 aliphatic rings. The van der Waals surface area contributed by atoms with Crippen LogP contribution >= 0.6 is 11.8 Å². The molecule has 0 aliphatic carbocycles. The van der Waals surface area contributed by atoms with Gasteiger partial charge in [0.25, 0.3) is 0 Å². The maximum atomic E-state index is 10.9. The number of esters is 1. The van der Waals surface area contributed by atoms with Crippen LogP contribution in [0.25, 0.3) is 0 Å². The normalized spacial score (nSPS) is 20.2. The van der Waals surface area contributed by atoms with Gasteiger partial charge in [0.15, 0.2) is 5.44 Å². The second-order valence-corrected chi connectivity index (χ2v) is 3.92. The van der Waals surface area contributed by atoms with E-state index in [0.717, 1.165) is 5.56 Å². The number of carbonyl (C=O) groups excluding carboxylic acids is 1. The SMILES string of the molecule is N#Cc1ccc(C2OC(=O)CS2)cc1. The Bertz CT molecular complexity index is 394. The Morgan fingerprint density at radius 3 is 2.64 bits per heavy atom. The highest BCUT2D eigenvalue weighted by atomic mass is 32.2. The fraction of sp³-hybridized carbons (Fsp3) is 0.200. The van der Waals surface area contributed by atoms with E-state index in [4.69, 9.17) is 10.00 Å². The molecule has 0 radical (unpaired) electrons. The predicted molar refractivity (Wildman–Crippen MR) is 52.4 cm³/mol. The van der Waals surface area contributed by atoms with Crippen LogP contribution in [0.5, 0.6) is 0 Å². The van der Waals surface area contributed by atoms with Crippen LogP contribution in [0.1, 0.15) is 16.6 Å². The van der Waals surface area contributed by atoms with Crippen LogP contribution in [-0.2, 0) is 9.53 Å². The topological polar surface area (TPSA) is 50.1 Å². The highest BCUT2D eigenvalue weighted by Crippen LogP contribution is 2.35. The number of ether oxygens (including phenoxy) is 1. The summed E-state index contributed by atoms with van der Waals surface area (Å²) in [6.07, 6.45) is 0. The van der Waals surface area contributed by atoms with Crippen molar-refractivity contribution in [1.82, 2.24) is 0 Å². The summed E-state index contributed by atoms with van der Waals surface area (Å²) in [5, 5.41) is 8.60. The summed E-state index contributed by atoms with van der Waals surface area (Å²) in [6, 6.07) is 9.12. The third kappa shape index (κ3) is 1.73. The number of nitrogens with zero attached hydrogens (tertiary/aromatic N) is 1. The zero-order valence-corrected chi connectivity index (χ0v) is 8.08. The van der Waals surface area contributed by atoms with E-state index in [2.05, 4.69) is 0 Å². The van der Waals surface area contributed by atoms with Gasteiger partial charge in [-0.15, -0.1) is 11.8 Å². The van der Waals surface area contributed by atoms with Crippen molar-refractivity contribution in [2.75, 3.05) is 5.75 Å². The van der Waals surface area contributed by atoms with Gasteiger partial charge >= 0.3 is 5.97 Å². The van der Waals surface area contributed by atoms with Crippen LogP contribution in [0.2, 0.25) is 0 Å². The van der Waals surface area contributed by atoms with Gasteiger partial charge in [0, 0.05) is 5.56 Å². The van der Waals surface area contributed by atoms with E-state index in [1.54, 1.807) is 12.1 Å². The van der Waals surface area contributed by atoms with E-state index in [1.807, 2.05) is 18.2 Å². The van der Waals surface area contributed by atoms with Gasteiger partial charge in [-0.3, -0.25) is 4.79 Å². The average molecular weight is 205 g/mol. The molecule has 70 valence electrons. The number of hydrogen-bond acceptors (Lipinski definition) is 4. The highest BCUT2D eigenvalue weighted by Gasteiger charge is 2.25. The molecule has 1 atom stereocenters. The lowest BCUT2D eigenvalue weighted by molar-refractivity contribution is -0.140. The Labute approximate surface area is 85.7 Å². The van der Waals surface area contributed by atoms with Crippen LogP contribution in [-0.4, -0.2) is 11.7 Å². The predicted octanol–water partition coefficient (Wildman–Crippen LogP) is 1.85. The maximum Gasteiger partial charge on any atom is 0.317 e. The quantitative estimate of drug-likeness (QED) is 0.656. The minimum atomic E-state index is -0.199. The lowest BCUT2D eigenvalue weighted by atomic mass is 10.1. The molecule has 0 aromatic heterocycles. The molecule has 0 spiro atoms. The Morgan fingerprint density at radius 2 is 2.14 bits per heavy atom. The molecule has 1 aromatic carbocycles. The summed E-state index contributed by atoms with van der Waals surface area (Å²) in [6.45, 7) is 0. The zero-order valence-electron chi connectivity index (χ0n) is 7.27. The molecule has 3 nitrogen and oxygen atoms in total. The summed E-state index contributed by atoms with van der Waals surface area (Å²) in [5.41, 5.74) is 1.35. The van der Waals surface area contributed by atoms with E-state index < -0.39 is 0 Å². The van der Waals surface area contributed by atoms with E-state index in [9.17, 15) is 4.79 Å². The Morgan fingerprint density at radius 1 is 1.43 bits per heavy atom. The second-order valence-electron chi connectivity index (χ2n) is 2.87. The maximum absolute atomic E-state index is 10.9. The molecule has 1 unspecified atom stereocenters. The molecule has 0 saturated carbocycles. The molecule has 1 saturated heterocycles. The summed E-state index contributed by atoms with van der Waals surface area (Å²) in [4.78, 5) is 10.9. The standard InChI is InChI=1S/C10H7NO2S/c11-5-7-1-3-8(4-2-7)10-13-9(12)6-14-10/h1-4,10H,6H2. The van der Waals surface area contributed by atoms with Crippen LogP contribution in [0.3, 0.4) is 0 Å². The summed E-state index contributed by atoms with van der Waals surface area (Å²) < 4.78 is 5.06. The fourth-order valence-corrected chi connectivity index (χ4v) is 2.09. The number of cyclic esters (lactones) is 1. The van der Waals surface area contributed by atoms with Crippen molar-refractivity contribution in [1.29, 1.82) is 5.26 Å². The largest absolute Gasteiger partial charge is 0.446 e. The molecule has 4 heteroatoms.